The quantitative estimate of drug-likeness (QED) is 0.0261. The summed E-state index contributed by atoms with van der Waals surface area (Å²) in [4.78, 5) is 38.4. The lowest BCUT2D eigenvalue weighted by Crippen LogP contribution is -2.30. The summed E-state index contributed by atoms with van der Waals surface area (Å²) in [6.45, 7) is 6.70. The molecule has 0 bridgehead atoms. The normalized spacial score (nSPS) is 12.1. The first kappa shape index (κ1) is 75.9. The number of allylic oxidation sites excluding steroid dienone is 4. The van der Waals surface area contributed by atoms with Crippen LogP contribution in [0.2, 0.25) is 0 Å². The fraction of sp³-hybridized carbons (Fsp3) is 0.903. The van der Waals surface area contributed by atoms with Gasteiger partial charge in [-0.05, 0) is 70.6 Å². The standard InChI is InChI=1S/C72H136O6/c1-4-7-10-13-16-19-22-25-27-29-31-33-34-35-36-37-38-39-41-42-44-47-50-53-56-59-62-65-71(74)77-68-69(67-76-70(73)64-61-58-55-52-49-46-24-21-18-15-12-9-6-3)78-72(75)66-63-60-57-54-51-48-45-43-40-32-30-28-26-23-20-17-14-11-8-5-2/h21,24,29,31,69H,4-20,22-23,25-28,30,32-68H2,1-3H3/b24-21-,31-29-. The van der Waals surface area contributed by atoms with Crippen molar-refractivity contribution in [1.82, 2.24) is 0 Å². The second kappa shape index (κ2) is 67.4. The topological polar surface area (TPSA) is 78.9 Å². The summed E-state index contributed by atoms with van der Waals surface area (Å²) in [7, 11) is 0. The van der Waals surface area contributed by atoms with Gasteiger partial charge in [-0.1, -0.05) is 334 Å². The Labute approximate surface area is 487 Å². The molecule has 0 rings (SSSR count). The molecular formula is C72H136O6. The molecule has 6 nitrogen and oxygen atoms in total. The van der Waals surface area contributed by atoms with Crippen LogP contribution in [0.5, 0.6) is 0 Å². The van der Waals surface area contributed by atoms with E-state index in [4.69, 9.17) is 14.2 Å². The zero-order chi connectivity index (χ0) is 56.4. The van der Waals surface area contributed by atoms with Crippen LogP contribution in [0.3, 0.4) is 0 Å². The van der Waals surface area contributed by atoms with Crippen molar-refractivity contribution in [2.24, 2.45) is 0 Å². The molecule has 0 aliphatic rings. The van der Waals surface area contributed by atoms with Crippen molar-refractivity contribution in [3.63, 3.8) is 0 Å². The molecule has 0 aliphatic carbocycles. The molecule has 6 heteroatoms. The first-order valence-electron chi connectivity index (χ1n) is 35.3. The van der Waals surface area contributed by atoms with Gasteiger partial charge < -0.3 is 14.2 Å². The van der Waals surface area contributed by atoms with Crippen LogP contribution in [-0.2, 0) is 28.6 Å². The lowest BCUT2D eigenvalue weighted by Gasteiger charge is -2.18. The van der Waals surface area contributed by atoms with Crippen LogP contribution in [0, 0.1) is 0 Å². The summed E-state index contributed by atoms with van der Waals surface area (Å²) in [5, 5.41) is 0. The highest BCUT2D eigenvalue weighted by Crippen LogP contribution is 2.19. The van der Waals surface area contributed by atoms with Crippen molar-refractivity contribution in [2.45, 2.75) is 406 Å². The van der Waals surface area contributed by atoms with Gasteiger partial charge in [-0.25, -0.2) is 0 Å². The minimum Gasteiger partial charge on any atom is -0.462 e. The summed E-state index contributed by atoms with van der Waals surface area (Å²) in [6, 6.07) is 0. The average molecular weight is 1100 g/mol. The van der Waals surface area contributed by atoms with Gasteiger partial charge in [0.05, 0.1) is 0 Å². The van der Waals surface area contributed by atoms with Crippen molar-refractivity contribution >= 4 is 17.9 Å². The molecule has 78 heavy (non-hydrogen) atoms. The lowest BCUT2D eigenvalue weighted by molar-refractivity contribution is -0.167. The average Bonchev–Trinajstić information content (AvgIpc) is 3.44. The highest BCUT2D eigenvalue weighted by atomic mass is 16.6. The van der Waals surface area contributed by atoms with E-state index in [2.05, 4.69) is 45.1 Å². The first-order chi connectivity index (χ1) is 38.5. The maximum atomic E-state index is 12.9. The Hall–Kier alpha value is -2.11. The summed E-state index contributed by atoms with van der Waals surface area (Å²) in [6.07, 6.45) is 82.1. The van der Waals surface area contributed by atoms with E-state index >= 15 is 0 Å². The Morgan fingerprint density at radius 1 is 0.244 bits per heavy atom. The Morgan fingerprint density at radius 2 is 0.423 bits per heavy atom. The van der Waals surface area contributed by atoms with Crippen LogP contribution >= 0.6 is 0 Å². The SMILES string of the molecule is CCCCCC/C=C\CCCCCCCC(=O)OCC(COC(=O)CCCCCCCCCCCCCCCCC/C=C\CCCCCCCCCC)OC(=O)CCCCCCCCCCCCCCCCCCCCCC. The second-order valence-electron chi connectivity index (χ2n) is 24.1. The predicted octanol–water partition coefficient (Wildman–Crippen LogP) is 24.2. The fourth-order valence-electron chi connectivity index (χ4n) is 10.8. The Balaban J connectivity index is 4.20. The smallest absolute Gasteiger partial charge is 0.306 e. The van der Waals surface area contributed by atoms with Crippen LogP contribution in [0.15, 0.2) is 24.3 Å². The van der Waals surface area contributed by atoms with E-state index in [1.165, 1.54) is 295 Å². The Bertz CT molecular complexity index is 1260. The third kappa shape index (κ3) is 64.7. The molecule has 0 saturated carbocycles. The number of hydrogen-bond donors (Lipinski definition) is 0. The van der Waals surface area contributed by atoms with E-state index < -0.39 is 6.10 Å². The van der Waals surface area contributed by atoms with Crippen LogP contribution in [0.25, 0.3) is 0 Å². The van der Waals surface area contributed by atoms with Gasteiger partial charge in [-0.15, -0.1) is 0 Å². The molecule has 1 atom stereocenters. The van der Waals surface area contributed by atoms with E-state index in [9.17, 15) is 14.4 Å². The van der Waals surface area contributed by atoms with Gasteiger partial charge in [0, 0.05) is 19.3 Å². The van der Waals surface area contributed by atoms with Crippen molar-refractivity contribution in [3.05, 3.63) is 24.3 Å². The maximum Gasteiger partial charge on any atom is 0.306 e. The van der Waals surface area contributed by atoms with Gasteiger partial charge in [0.25, 0.3) is 0 Å². The molecule has 0 amide bonds. The molecule has 0 aromatic heterocycles. The zero-order valence-electron chi connectivity index (χ0n) is 53.0. The van der Waals surface area contributed by atoms with Crippen LogP contribution in [-0.4, -0.2) is 37.2 Å². The van der Waals surface area contributed by atoms with Crippen molar-refractivity contribution in [2.75, 3.05) is 13.2 Å². The minimum absolute atomic E-state index is 0.0678. The number of hydrogen-bond acceptors (Lipinski definition) is 6. The monoisotopic (exact) mass is 1100 g/mol. The highest BCUT2D eigenvalue weighted by molar-refractivity contribution is 5.71. The molecule has 1 unspecified atom stereocenters. The van der Waals surface area contributed by atoms with Crippen molar-refractivity contribution < 1.29 is 28.6 Å². The highest BCUT2D eigenvalue weighted by Gasteiger charge is 2.19. The predicted molar refractivity (Wildman–Crippen MR) is 340 cm³/mol. The fourth-order valence-corrected chi connectivity index (χ4v) is 10.8. The van der Waals surface area contributed by atoms with E-state index in [-0.39, 0.29) is 31.1 Å². The van der Waals surface area contributed by atoms with Gasteiger partial charge in [0.2, 0.25) is 0 Å². The number of rotatable bonds is 66. The minimum atomic E-state index is -0.771. The number of carbonyl (C=O) groups is 3. The zero-order valence-corrected chi connectivity index (χ0v) is 53.0. The van der Waals surface area contributed by atoms with Crippen molar-refractivity contribution in [1.29, 1.82) is 0 Å². The van der Waals surface area contributed by atoms with Crippen molar-refractivity contribution in [3.8, 4) is 0 Å². The molecule has 460 valence electrons. The largest absolute Gasteiger partial charge is 0.462 e. The molecule has 0 aromatic carbocycles. The number of esters is 3. The Morgan fingerprint density at radius 3 is 0.654 bits per heavy atom. The molecule has 0 fully saturated rings. The van der Waals surface area contributed by atoms with E-state index in [0.717, 1.165) is 64.2 Å². The lowest BCUT2D eigenvalue weighted by atomic mass is 10.0. The van der Waals surface area contributed by atoms with Crippen LogP contribution in [0.1, 0.15) is 400 Å². The molecule has 0 radical (unpaired) electrons. The maximum absolute atomic E-state index is 12.9. The summed E-state index contributed by atoms with van der Waals surface area (Å²) in [5.41, 5.74) is 0. The summed E-state index contributed by atoms with van der Waals surface area (Å²) < 4.78 is 17.0. The van der Waals surface area contributed by atoms with E-state index in [1.807, 2.05) is 0 Å². The number of carbonyl (C=O) groups excluding carboxylic acids is 3. The molecule has 0 heterocycles. The van der Waals surface area contributed by atoms with Gasteiger partial charge in [0.15, 0.2) is 6.10 Å². The second-order valence-corrected chi connectivity index (χ2v) is 24.1. The van der Waals surface area contributed by atoms with E-state index in [1.54, 1.807) is 0 Å². The van der Waals surface area contributed by atoms with Gasteiger partial charge >= 0.3 is 17.9 Å². The molecule has 0 spiro atoms. The van der Waals surface area contributed by atoms with Crippen LogP contribution in [0.4, 0.5) is 0 Å². The Kier molecular flexibility index (Phi) is 65.6. The molecular weight excluding hydrogens is 961 g/mol. The van der Waals surface area contributed by atoms with Crippen LogP contribution < -0.4 is 0 Å². The molecule has 0 saturated heterocycles. The third-order valence-corrected chi connectivity index (χ3v) is 16.2. The summed E-state index contributed by atoms with van der Waals surface area (Å²) >= 11 is 0. The first-order valence-corrected chi connectivity index (χ1v) is 35.3. The molecule has 0 N–H and O–H groups in total. The third-order valence-electron chi connectivity index (χ3n) is 16.2. The van der Waals surface area contributed by atoms with Gasteiger partial charge in [-0.3, -0.25) is 14.4 Å². The number of unbranched alkanes of at least 4 members (excludes halogenated alkanes) is 51. The summed E-state index contributed by atoms with van der Waals surface area (Å²) in [5.74, 6) is -0.846. The molecule has 0 aliphatic heterocycles. The number of ether oxygens (including phenoxy) is 3. The van der Waals surface area contributed by atoms with Gasteiger partial charge in [0.1, 0.15) is 13.2 Å². The van der Waals surface area contributed by atoms with E-state index in [0.29, 0.717) is 19.3 Å². The molecule has 0 aromatic rings. The van der Waals surface area contributed by atoms with Gasteiger partial charge in [-0.2, -0.15) is 0 Å².